The second-order valence-corrected chi connectivity index (χ2v) is 6.41. The van der Waals surface area contributed by atoms with Gasteiger partial charge < -0.3 is 18.8 Å². The number of rotatable bonds is 7. The number of carbonyl (C=O) groups excluding carboxylic acids is 1. The Hall–Kier alpha value is -2.86. The van der Waals surface area contributed by atoms with E-state index in [9.17, 15) is 9.18 Å². The first-order chi connectivity index (χ1) is 13.0. The maximum absolute atomic E-state index is 13.9. The molecule has 6 heteroatoms. The van der Waals surface area contributed by atoms with E-state index < -0.39 is 5.97 Å². The van der Waals surface area contributed by atoms with Crippen molar-refractivity contribution in [3.05, 3.63) is 65.2 Å². The molecule has 3 rings (SSSR count). The number of hydrogen-bond donors (Lipinski definition) is 1. The van der Waals surface area contributed by atoms with Gasteiger partial charge in [-0.1, -0.05) is 18.2 Å². The Morgan fingerprint density at radius 3 is 2.67 bits per heavy atom. The Morgan fingerprint density at radius 1 is 1.19 bits per heavy atom. The third-order valence-corrected chi connectivity index (χ3v) is 4.36. The van der Waals surface area contributed by atoms with E-state index in [-0.39, 0.29) is 23.9 Å². The fourth-order valence-electron chi connectivity index (χ4n) is 3.17. The zero-order valence-electron chi connectivity index (χ0n) is 15.7. The van der Waals surface area contributed by atoms with Gasteiger partial charge in [0.25, 0.3) is 0 Å². The Labute approximate surface area is 157 Å². The lowest BCUT2D eigenvalue weighted by Crippen LogP contribution is -3.06. The number of quaternary nitrogens is 1. The Morgan fingerprint density at radius 2 is 1.96 bits per heavy atom. The molecule has 1 heterocycles. The Kier molecular flexibility index (Phi) is 5.76. The molecular formula is C21H23FNO4+. The third kappa shape index (κ3) is 4.11. The highest BCUT2D eigenvalue weighted by molar-refractivity contribution is 5.96. The van der Waals surface area contributed by atoms with Gasteiger partial charge in [-0.05, 0) is 31.2 Å². The highest BCUT2D eigenvalue weighted by Gasteiger charge is 2.24. The molecule has 1 unspecified atom stereocenters. The van der Waals surface area contributed by atoms with Crippen molar-refractivity contribution >= 4 is 16.9 Å². The number of nitrogens with one attached hydrogen (secondary N) is 1. The van der Waals surface area contributed by atoms with Gasteiger partial charge in [0.2, 0.25) is 5.76 Å². The molecule has 0 bridgehead atoms. The summed E-state index contributed by atoms with van der Waals surface area (Å²) in [6.45, 7) is 3.17. The van der Waals surface area contributed by atoms with Crippen molar-refractivity contribution in [2.24, 2.45) is 0 Å². The van der Waals surface area contributed by atoms with Crippen LogP contribution in [0.2, 0.25) is 0 Å². The first-order valence-electron chi connectivity index (χ1n) is 8.84. The first-order valence-corrected chi connectivity index (χ1v) is 8.84. The molecule has 0 spiro atoms. The molecule has 0 aliphatic carbocycles. The van der Waals surface area contributed by atoms with Crippen LogP contribution >= 0.6 is 0 Å². The molecule has 1 N–H and O–H groups in total. The van der Waals surface area contributed by atoms with Crippen LogP contribution in [0.1, 0.15) is 28.6 Å². The SMILES string of the molecule is CCOC(=O)c1oc2ccccc2c1C[NH+](C)Cc1ccc(OC)c(F)c1. The standard InChI is InChI=1S/C21H22FNO4/c1-4-26-21(24)20-16(15-7-5-6-8-18(15)27-20)13-23(2)12-14-9-10-19(25-3)17(22)11-14/h5-11H,4,12-13H2,1-3H3/p+1. The van der Waals surface area contributed by atoms with Gasteiger partial charge >= 0.3 is 5.97 Å². The van der Waals surface area contributed by atoms with Gasteiger partial charge in [0.15, 0.2) is 11.6 Å². The van der Waals surface area contributed by atoms with Crippen molar-refractivity contribution < 1.29 is 28.0 Å². The van der Waals surface area contributed by atoms with Crippen molar-refractivity contribution in [3.63, 3.8) is 0 Å². The van der Waals surface area contributed by atoms with Gasteiger partial charge in [0.1, 0.15) is 18.7 Å². The topological polar surface area (TPSA) is 53.1 Å². The summed E-state index contributed by atoms with van der Waals surface area (Å²) in [5.41, 5.74) is 2.30. The number of para-hydroxylation sites is 1. The highest BCUT2D eigenvalue weighted by Crippen LogP contribution is 2.26. The minimum absolute atomic E-state index is 0.224. The van der Waals surface area contributed by atoms with Crippen LogP contribution in [-0.4, -0.2) is 26.7 Å². The number of furan rings is 1. The summed E-state index contributed by atoms with van der Waals surface area (Å²) < 4.78 is 29.8. The van der Waals surface area contributed by atoms with Crippen LogP contribution in [0.4, 0.5) is 4.39 Å². The summed E-state index contributed by atoms with van der Waals surface area (Å²) in [5.74, 6) is -0.393. The molecule has 0 aliphatic rings. The smallest absolute Gasteiger partial charge is 0.374 e. The molecule has 1 atom stereocenters. The van der Waals surface area contributed by atoms with E-state index in [0.29, 0.717) is 18.7 Å². The maximum atomic E-state index is 13.9. The number of ether oxygens (including phenoxy) is 2. The summed E-state index contributed by atoms with van der Waals surface area (Å²) in [6.07, 6.45) is 0. The van der Waals surface area contributed by atoms with Crippen LogP contribution < -0.4 is 9.64 Å². The lowest BCUT2D eigenvalue weighted by atomic mass is 10.1. The van der Waals surface area contributed by atoms with Gasteiger partial charge in [-0.3, -0.25) is 0 Å². The number of fused-ring (bicyclic) bond motifs is 1. The molecule has 0 aliphatic heterocycles. The molecule has 0 saturated heterocycles. The second kappa shape index (κ2) is 8.22. The summed E-state index contributed by atoms with van der Waals surface area (Å²) in [5, 5.41) is 0.890. The third-order valence-electron chi connectivity index (χ3n) is 4.36. The average Bonchev–Trinajstić information content (AvgIpc) is 3.01. The fraction of sp³-hybridized carbons (Fsp3) is 0.286. The van der Waals surface area contributed by atoms with Crippen LogP contribution in [0.3, 0.4) is 0 Å². The molecule has 3 aromatic rings. The summed E-state index contributed by atoms with van der Waals surface area (Å²) in [6, 6.07) is 12.5. The van der Waals surface area contributed by atoms with Gasteiger partial charge in [0, 0.05) is 10.9 Å². The number of halogens is 1. The van der Waals surface area contributed by atoms with Crippen molar-refractivity contribution in [2.45, 2.75) is 20.0 Å². The molecule has 2 aromatic carbocycles. The number of carbonyl (C=O) groups is 1. The van der Waals surface area contributed by atoms with E-state index >= 15 is 0 Å². The molecule has 0 amide bonds. The predicted octanol–water partition coefficient (Wildman–Crippen LogP) is 2.97. The molecular weight excluding hydrogens is 349 g/mol. The molecule has 5 nitrogen and oxygen atoms in total. The van der Waals surface area contributed by atoms with E-state index in [1.54, 1.807) is 13.0 Å². The highest BCUT2D eigenvalue weighted by atomic mass is 19.1. The van der Waals surface area contributed by atoms with E-state index in [2.05, 4.69) is 0 Å². The van der Waals surface area contributed by atoms with Crippen LogP contribution in [0.25, 0.3) is 11.0 Å². The minimum atomic E-state index is -0.466. The molecule has 0 saturated carbocycles. The molecule has 0 fully saturated rings. The largest absolute Gasteiger partial charge is 0.494 e. The monoisotopic (exact) mass is 372 g/mol. The molecule has 1 aromatic heterocycles. The van der Waals surface area contributed by atoms with E-state index in [0.717, 1.165) is 21.4 Å². The van der Waals surface area contributed by atoms with Crippen LogP contribution in [0.15, 0.2) is 46.9 Å². The zero-order valence-corrected chi connectivity index (χ0v) is 15.7. The number of esters is 1. The molecule has 0 radical (unpaired) electrons. The van der Waals surface area contributed by atoms with Gasteiger partial charge in [0.05, 0.1) is 26.3 Å². The van der Waals surface area contributed by atoms with E-state index in [4.69, 9.17) is 13.9 Å². The van der Waals surface area contributed by atoms with Crippen molar-refractivity contribution in [1.82, 2.24) is 0 Å². The molecule has 142 valence electrons. The van der Waals surface area contributed by atoms with Crippen molar-refractivity contribution in [3.8, 4) is 5.75 Å². The second-order valence-electron chi connectivity index (χ2n) is 6.41. The first kappa shape index (κ1) is 18.9. The summed E-state index contributed by atoms with van der Waals surface area (Å²) in [4.78, 5) is 13.4. The average molecular weight is 372 g/mol. The van der Waals surface area contributed by atoms with Gasteiger partial charge in [-0.15, -0.1) is 0 Å². The molecule has 27 heavy (non-hydrogen) atoms. The quantitative estimate of drug-likeness (QED) is 0.648. The maximum Gasteiger partial charge on any atom is 0.374 e. The lowest BCUT2D eigenvalue weighted by molar-refractivity contribution is -0.907. The van der Waals surface area contributed by atoms with E-state index in [1.807, 2.05) is 37.4 Å². The summed E-state index contributed by atoms with van der Waals surface area (Å²) >= 11 is 0. The Bertz CT molecular complexity index is 951. The normalized spacial score (nSPS) is 12.1. The number of hydrogen-bond acceptors (Lipinski definition) is 4. The number of benzene rings is 2. The Balaban J connectivity index is 1.85. The minimum Gasteiger partial charge on any atom is -0.494 e. The van der Waals surface area contributed by atoms with Gasteiger partial charge in [-0.2, -0.15) is 0 Å². The van der Waals surface area contributed by atoms with Crippen LogP contribution in [0.5, 0.6) is 5.75 Å². The van der Waals surface area contributed by atoms with Crippen molar-refractivity contribution in [1.29, 1.82) is 0 Å². The lowest BCUT2D eigenvalue weighted by Gasteiger charge is -2.15. The van der Waals surface area contributed by atoms with Gasteiger partial charge in [-0.25, -0.2) is 9.18 Å². The van der Waals surface area contributed by atoms with E-state index in [1.165, 1.54) is 13.2 Å². The van der Waals surface area contributed by atoms with Crippen LogP contribution in [0, 0.1) is 5.82 Å². The van der Waals surface area contributed by atoms with Crippen LogP contribution in [-0.2, 0) is 17.8 Å². The number of methoxy groups -OCH3 is 1. The fourth-order valence-corrected chi connectivity index (χ4v) is 3.17. The summed E-state index contributed by atoms with van der Waals surface area (Å²) in [7, 11) is 3.43. The predicted molar refractivity (Wildman–Crippen MR) is 99.4 cm³/mol. The van der Waals surface area contributed by atoms with Crippen molar-refractivity contribution in [2.75, 3.05) is 20.8 Å². The zero-order chi connectivity index (χ0) is 19.4.